The fourth-order valence-corrected chi connectivity index (χ4v) is 4.26. The van der Waals surface area contributed by atoms with Crippen molar-refractivity contribution in [3.05, 3.63) is 24.0 Å². The van der Waals surface area contributed by atoms with Crippen LogP contribution in [0.25, 0.3) is 0 Å². The first kappa shape index (κ1) is 23.9. The number of halogens is 1. The molecule has 0 unspecified atom stereocenters. The standard InChI is InChI=1S/C17H24N4O2S2.CH4.ClH/c1-17(2,3)12-8-19-13(23-12)10-24-14-9-20-16(25-14)21-15(22)11-4-6-18-7-5-11;;/h8-9,11,18H,4-7,10H2,1-3H3,(H,20,21,22);1H4;1H. The molecule has 6 nitrogen and oxygen atoms in total. The predicted octanol–water partition coefficient (Wildman–Crippen LogP) is 4.72. The van der Waals surface area contributed by atoms with E-state index in [1.807, 2.05) is 0 Å². The van der Waals surface area contributed by atoms with Crippen molar-refractivity contribution in [3.63, 3.8) is 0 Å². The number of aromatic nitrogens is 2. The molecule has 2 aromatic rings. The van der Waals surface area contributed by atoms with Gasteiger partial charge in [0.25, 0.3) is 0 Å². The van der Waals surface area contributed by atoms with Gasteiger partial charge in [-0.05, 0) is 25.9 Å². The highest BCUT2D eigenvalue weighted by Gasteiger charge is 2.22. The lowest BCUT2D eigenvalue weighted by molar-refractivity contribution is -0.120. The van der Waals surface area contributed by atoms with Crippen LogP contribution in [0.5, 0.6) is 0 Å². The van der Waals surface area contributed by atoms with Crippen LogP contribution in [-0.4, -0.2) is 29.0 Å². The largest absolute Gasteiger partial charge is 0.444 e. The highest BCUT2D eigenvalue weighted by molar-refractivity contribution is 8.00. The molecule has 2 N–H and O–H groups in total. The van der Waals surface area contributed by atoms with Crippen molar-refractivity contribution >= 4 is 46.5 Å². The maximum atomic E-state index is 12.2. The SMILES string of the molecule is C.CC(C)(C)c1cnc(CSc2cnc(NC(=O)C3CCNCC3)s2)o1.Cl. The number of thiazole rings is 1. The van der Waals surface area contributed by atoms with E-state index in [0.717, 1.165) is 35.9 Å². The van der Waals surface area contributed by atoms with Crippen LogP contribution in [0.3, 0.4) is 0 Å². The predicted molar refractivity (Wildman–Crippen MR) is 115 cm³/mol. The van der Waals surface area contributed by atoms with E-state index >= 15 is 0 Å². The van der Waals surface area contributed by atoms with Gasteiger partial charge in [-0.1, -0.05) is 39.5 Å². The van der Waals surface area contributed by atoms with Crippen molar-refractivity contribution in [2.75, 3.05) is 18.4 Å². The van der Waals surface area contributed by atoms with Gasteiger partial charge < -0.3 is 15.1 Å². The van der Waals surface area contributed by atoms with Crippen molar-refractivity contribution in [2.24, 2.45) is 5.92 Å². The second-order valence-corrected chi connectivity index (χ2v) is 9.46. The second kappa shape index (κ2) is 10.5. The van der Waals surface area contributed by atoms with E-state index in [2.05, 4.69) is 41.4 Å². The number of hydrogen-bond acceptors (Lipinski definition) is 7. The molecule has 1 fully saturated rings. The molecule has 2 aromatic heterocycles. The lowest BCUT2D eigenvalue weighted by Crippen LogP contribution is -2.34. The second-order valence-electron chi connectivity index (χ2n) is 7.15. The number of piperidine rings is 1. The highest BCUT2D eigenvalue weighted by atomic mass is 35.5. The number of hydrogen-bond donors (Lipinski definition) is 2. The first-order chi connectivity index (χ1) is 11.9. The summed E-state index contributed by atoms with van der Waals surface area (Å²) >= 11 is 3.11. The molecule has 27 heavy (non-hydrogen) atoms. The Morgan fingerprint density at radius 1 is 1.33 bits per heavy atom. The van der Waals surface area contributed by atoms with Crippen molar-refractivity contribution in [1.82, 2.24) is 15.3 Å². The van der Waals surface area contributed by atoms with Gasteiger partial charge in [0.15, 0.2) is 5.13 Å². The highest BCUT2D eigenvalue weighted by Crippen LogP contribution is 2.32. The maximum Gasteiger partial charge on any atom is 0.229 e. The molecule has 3 heterocycles. The molecule has 1 amide bonds. The van der Waals surface area contributed by atoms with E-state index in [0.29, 0.717) is 16.8 Å². The minimum Gasteiger partial charge on any atom is -0.444 e. The minimum absolute atomic E-state index is 0. The first-order valence-electron chi connectivity index (χ1n) is 8.47. The number of anilines is 1. The molecule has 0 spiro atoms. The van der Waals surface area contributed by atoms with Crippen LogP contribution in [0.2, 0.25) is 0 Å². The van der Waals surface area contributed by atoms with Crippen LogP contribution in [0.1, 0.15) is 52.7 Å². The lowest BCUT2D eigenvalue weighted by atomic mass is 9.94. The van der Waals surface area contributed by atoms with Gasteiger partial charge in [0, 0.05) is 11.3 Å². The molecule has 1 saturated heterocycles. The third kappa shape index (κ3) is 6.78. The number of amides is 1. The quantitative estimate of drug-likeness (QED) is 0.665. The summed E-state index contributed by atoms with van der Waals surface area (Å²) in [5, 5.41) is 6.87. The lowest BCUT2D eigenvalue weighted by Gasteiger charge is -2.20. The first-order valence-corrected chi connectivity index (χ1v) is 10.3. The molecule has 1 aliphatic rings. The summed E-state index contributed by atoms with van der Waals surface area (Å²) in [7, 11) is 0. The van der Waals surface area contributed by atoms with Crippen LogP contribution in [-0.2, 0) is 16.0 Å². The summed E-state index contributed by atoms with van der Waals surface area (Å²) in [6.07, 6.45) is 5.37. The molecule has 3 rings (SSSR count). The summed E-state index contributed by atoms with van der Waals surface area (Å²) in [5.74, 6) is 2.42. The fourth-order valence-electron chi connectivity index (χ4n) is 2.53. The zero-order valence-electron chi connectivity index (χ0n) is 15.2. The van der Waals surface area contributed by atoms with Crippen molar-refractivity contribution in [1.29, 1.82) is 0 Å². The molecular weight excluding hydrogens is 404 g/mol. The van der Waals surface area contributed by atoms with Gasteiger partial charge in [-0.25, -0.2) is 9.97 Å². The summed E-state index contributed by atoms with van der Waals surface area (Å²) in [5.41, 5.74) is -0.0352. The Morgan fingerprint density at radius 2 is 2.04 bits per heavy atom. The number of carbonyl (C=O) groups excluding carboxylic acids is 1. The maximum absolute atomic E-state index is 12.2. The summed E-state index contributed by atoms with van der Waals surface area (Å²) in [6, 6.07) is 0. The Bertz CT molecular complexity index is 721. The molecule has 9 heteroatoms. The summed E-state index contributed by atoms with van der Waals surface area (Å²) in [4.78, 5) is 20.9. The average Bonchev–Trinajstić information content (AvgIpc) is 3.22. The molecule has 0 aliphatic carbocycles. The van der Waals surface area contributed by atoms with Gasteiger partial charge in [0.1, 0.15) is 5.76 Å². The fraction of sp³-hybridized carbons (Fsp3) is 0.611. The molecule has 0 bridgehead atoms. The van der Waals surface area contributed by atoms with Crippen molar-refractivity contribution in [3.8, 4) is 0 Å². The number of nitrogens with one attached hydrogen (secondary N) is 2. The number of carbonyl (C=O) groups is 1. The van der Waals surface area contributed by atoms with Gasteiger partial charge >= 0.3 is 0 Å². The number of oxazole rings is 1. The van der Waals surface area contributed by atoms with Crippen LogP contribution < -0.4 is 10.6 Å². The smallest absolute Gasteiger partial charge is 0.229 e. The molecule has 1 aliphatic heterocycles. The summed E-state index contributed by atoms with van der Waals surface area (Å²) < 4.78 is 6.84. The van der Waals surface area contributed by atoms with E-state index < -0.39 is 0 Å². The van der Waals surface area contributed by atoms with Gasteiger partial charge in [-0.15, -0.1) is 24.2 Å². The Kier molecular flexibility index (Phi) is 9.27. The third-order valence-corrected chi connectivity index (χ3v) is 6.15. The van der Waals surface area contributed by atoms with E-state index in [1.165, 1.54) is 11.3 Å². The number of thioether (sulfide) groups is 1. The van der Waals surface area contributed by atoms with Crippen LogP contribution in [0, 0.1) is 5.92 Å². The topological polar surface area (TPSA) is 80.0 Å². The van der Waals surface area contributed by atoms with Crippen molar-refractivity contribution in [2.45, 2.75) is 56.4 Å². The normalized spacial score (nSPS) is 14.9. The Balaban J connectivity index is 0.00000182. The van der Waals surface area contributed by atoms with Crippen LogP contribution in [0.15, 0.2) is 21.0 Å². The Labute approximate surface area is 175 Å². The van der Waals surface area contributed by atoms with E-state index in [-0.39, 0.29) is 37.1 Å². The van der Waals surface area contributed by atoms with E-state index in [1.54, 1.807) is 24.2 Å². The molecule has 152 valence electrons. The third-order valence-electron chi connectivity index (χ3n) is 4.06. The molecular formula is C18H29ClN4O2S2. The molecule has 0 atom stereocenters. The summed E-state index contributed by atoms with van der Waals surface area (Å²) in [6.45, 7) is 8.12. The molecule has 0 saturated carbocycles. The zero-order chi connectivity index (χ0) is 17.9. The molecule has 0 aromatic carbocycles. The van der Waals surface area contributed by atoms with Crippen LogP contribution in [0.4, 0.5) is 5.13 Å². The minimum atomic E-state index is -0.0352. The van der Waals surface area contributed by atoms with Gasteiger partial charge in [0.2, 0.25) is 11.8 Å². The van der Waals surface area contributed by atoms with Crippen molar-refractivity contribution < 1.29 is 9.21 Å². The van der Waals surface area contributed by atoms with Gasteiger partial charge in [0.05, 0.1) is 22.4 Å². The number of nitrogens with zero attached hydrogens (tertiary/aromatic N) is 2. The van der Waals surface area contributed by atoms with Gasteiger partial charge in [-0.2, -0.15) is 0 Å². The Morgan fingerprint density at radius 3 is 2.67 bits per heavy atom. The van der Waals surface area contributed by atoms with Crippen LogP contribution >= 0.6 is 35.5 Å². The monoisotopic (exact) mass is 432 g/mol. The Hall–Kier alpha value is -1.09. The zero-order valence-corrected chi connectivity index (χ0v) is 17.7. The average molecular weight is 433 g/mol. The van der Waals surface area contributed by atoms with E-state index in [9.17, 15) is 4.79 Å². The number of rotatable bonds is 5. The molecule has 0 radical (unpaired) electrons. The van der Waals surface area contributed by atoms with Gasteiger partial charge in [-0.3, -0.25) is 4.79 Å². The van der Waals surface area contributed by atoms with E-state index in [4.69, 9.17) is 4.42 Å².